The Morgan fingerprint density at radius 2 is 2.33 bits per heavy atom. The molecule has 0 aliphatic heterocycles. The second-order valence-electron chi connectivity index (χ2n) is 4.23. The van der Waals surface area contributed by atoms with Crippen LogP contribution in [0.2, 0.25) is 0 Å². The van der Waals surface area contributed by atoms with E-state index in [1.807, 2.05) is 6.92 Å². The molecule has 0 atom stereocenters. The van der Waals surface area contributed by atoms with Gasteiger partial charge in [0.15, 0.2) is 17.2 Å². The van der Waals surface area contributed by atoms with Gasteiger partial charge in [0.25, 0.3) is 5.91 Å². The molecule has 2 rings (SSSR count). The second kappa shape index (κ2) is 6.56. The molecule has 110 valence electrons. The van der Waals surface area contributed by atoms with Crippen molar-refractivity contribution in [2.75, 3.05) is 6.61 Å². The highest BCUT2D eigenvalue weighted by molar-refractivity contribution is 5.93. The zero-order valence-corrected chi connectivity index (χ0v) is 11.8. The van der Waals surface area contributed by atoms with Crippen LogP contribution in [0.3, 0.4) is 0 Å². The minimum atomic E-state index is -0.401. The molecule has 0 aliphatic rings. The molecule has 1 aromatic carbocycles. The molecule has 7 heteroatoms. The molecule has 2 N–H and O–H groups in total. The Labute approximate surface area is 121 Å². The molecule has 0 fully saturated rings. The average molecular weight is 288 g/mol. The third kappa shape index (κ3) is 3.82. The first kappa shape index (κ1) is 14.6. The lowest BCUT2D eigenvalue weighted by Crippen LogP contribution is -2.18. The van der Waals surface area contributed by atoms with E-state index in [-0.39, 0.29) is 11.4 Å². The number of phenols is 1. The Bertz CT molecular complexity index is 664. The van der Waals surface area contributed by atoms with Gasteiger partial charge in [0.05, 0.1) is 12.8 Å². The van der Waals surface area contributed by atoms with Gasteiger partial charge in [-0.15, -0.1) is 0 Å². The number of carbonyl (C=O) groups excluding carboxylic acids is 1. The SMILES string of the molecule is CCOc1ccc(C=NNC(=O)c2ccn(C)n2)cc1O. The normalized spacial score (nSPS) is 10.8. The number of aromatic hydroxyl groups is 1. The highest BCUT2D eigenvalue weighted by Crippen LogP contribution is 2.25. The number of nitrogens with zero attached hydrogens (tertiary/aromatic N) is 3. The minimum Gasteiger partial charge on any atom is -0.504 e. The number of phenolic OH excluding ortho intramolecular Hbond substituents is 1. The van der Waals surface area contributed by atoms with Gasteiger partial charge in [-0.05, 0) is 36.8 Å². The first-order chi connectivity index (χ1) is 10.1. The molecular weight excluding hydrogens is 272 g/mol. The number of rotatable bonds is 5. The standard InChI is InChI=1S/C14H16N4O3/c1-3-21-13-5-4-10(8-12(13)19)9-15-16-14(20)11-6-7-18(2)17-11/h4-9,19H,3H2,1-2H3,(H,16,20). The quantitative estimate of drug-likeness (QED) is 0.641. The lowest BCUT2D eigenvalue weighted by molar-refractivity contribution is 0.0949. The molecule has 7 nitrogen and oxygen atoms in total. The van der Waals surface area contributed by atoms with E-state index in [1.54, 1.807) is 31.4 Å². The maximum Gasteiger partial charge on any atom is 0.291 e. The van der Waals surface area contributed by atoms with Gasteiger partial charge >= 0.3 is 0 Å². The van der Waals surface area contributed by atoms with Crippen LogP contribution in [0.15, 0.2) is 35.6 Å². The van der Waals surface area contributed by atoms with Crippen molar-refractivity contribution in [3.63, 3.8) is 0 Å². The van der Waals surface area contributed by atoms with Gasteiger partial charge in [0.2, 0.25) is 0 Å². The number of amides is 1. The van der Waals surface area contributed by atoms with E-state index in [4.69, 9.17) is 4.74 Å². The topological polar surface area (TPSA) is 88.7 Å². The molecule has 2 aromatic rings. The van der Waals surface area contributed by atoms with E-state index in [0.717, 1.165) is 0 Å². The van der Waals surface area contributed by atoms with E-state index in [9.17, 15) is 9.90 Å². The zero-order valence-electron chi connectivity index (χ0n) is 11.8. The summed E-state index contributed by atoms with van der Waals surface area (Å²) < 4.78 is 6.75. The van der Waals surface area contributed by atoms with Crippen molar-refractivity contribution >= 4 is 12.1 Å². The van der Waals surface area contributed by atoms with Crippen molar-refractivity contribution in [2.24, 2.45) is 12.1 Å². The van der Waals surface area contributed by atoms with E-state index in [1.165, 1.54) is 17.0 Å². The molecule has 0 bridgehead atoms. The number of hydrogen-bond acceptors (Lipinski definition) is 5. The monoisotopic (exact) mass is 288 g/mol. The number of aryl methyl sites for hydroxylation is 1. The number of benzene rings is 1. The van der Waals surface area contributed by atoms with Crippen molar-refractivity contribution in [1.82, 2.24) is 15.2 Å². The summed E-state index contributed by atoms with van der Waals surface area (Å²) in [5.41, 5.74) is 3.28. The van der Waals surface area contributed by atoms with Crippen molar-refractivity contribution in [3.8, 4) is 11.5 Å². The Balaban J connectivity index is 1.98. The first-order valence-corrected chi connectivity index (χ1v) is 6.39. The molecule has 1 aromatic heterocycles. The molecular formula is C14H16N4O3. The molecule has 21 heavy (non-hydrogen) atoms. The Hall–Kier alpha value is -2.83. The fourth-order valence-electron chi connectivity index (χ4n) is 1.65. The maximum absolute atomic E-state index is 11.7. The summed E-state index contributed by atoms with van der Waals surface area (Å²) in [4.78, 5) is 11.7. The molecule has 0 spiro atoms. The Morgan fingerprint density at radius 1 is 1.52 bits per heavy atom. The molecule has 1 heterocycles. The summed E-state index contributed by atoms with van der Waals surface area (Å²) in [5.74, 6) is 0.0334. The van der Waals surface area contributed by atoms with Crippen LogP contribution in [0.5, 0.6) is 11.5 Å². The predicted octanol–water partition coefficient (Wildman–Crippen LogP) is 1.29. The summed E-state index contributed by atoms with van der Waals surface area (Å²) in [5, 5.41) is 17.5. The zero-order chi connectivity index (χ0) is 15.2. The highest BCUT2D eigenvalue weighted by atomic mass is 16.5. The summed E-state index contributed by atoms with van der Waals surface area (Å²) in [6, 6.07) is 6.46. The lowest BCUT2D eigenvalue weighted by Gasteiger charge is -2.05. The van der Waals surface area contributed by atoms with Crippen molar-refractivity contribution in [3.05, 3.63) is 41.7 Å². The third-order valence-corrected chi connectivity index (χ3v) is 2.61. The Kier molecular flexibility index (Phi) is 4.55. The summed E-state index contributed by atoms with van der Waals surface area (Å²) >= 11 is 0. The molecule has 0 saturated heterocycles. The van der Waals surface area contributed by atoms with Crippen molar-refractivity contribution in [2.45, 2.75) is 6.92 Å². The number of hydrazone groups is 1. The molecule has 0 radical (unpaired) electrons. The average Bonchev–Trinajstić information content (AvgIpc) is 2.88. The molecule has 0 saturated carbocycles. The van der Waals surface area contributed by atoms with Gasteiger partial charge in [0, 0.05) is 13.2 Å². The third-order valence-electron chi connectivity index (χ3n) is 2.61. The van der Waals surface area contributed by atoms with Gasteiger partial charge in [0.1, 0.15) is 0 Å². The maximum atomic E-state index is 11.7. The molecule has 1 amide bonds. The summed E-state index contributed by atoms with van der Waals surface area (Å²) in [6.45, 7) is 2.31. The highest BCUT2D eigenvalue weighted by Gasteiger charge is 2.07. The van der Waals surface area contributed by atoms with Crippen LogP contribution in [-0.2, 0) is 7.05 Å². The van der Waals surface area contributed by atoms with Crippen LogP contribution >= 0.6 is 0 Å². The van der Waals surface area contributed by atoms with Gasteiger partial charge < -0.3 is 9.84 Å². The number of ether oxygens (including phenoxy) is 1. The lowest BCUT2D eigenvalue weighted by atomic mass is 10.2. The largest absolute Gasteiger partial charge is 0.504 e. The minimum absolute atomic E-state index is 0.0249. The second-order valence-corrected chi connectivity index (χ2v) is 4.23. The summed E-state index contributed by atoms with van der Waals surface area (Å²) in [6.07, 6.45) is 3.10. The first-order valence-electron chi connectivity index (χ1n) is 6.39. The fourth-order valence-corrected chi connectivity index (χ4v) is 1.65. The Morgan fingerprint density at radius 3 is 2.95 bits per heavy atom. The predicted molar refractivity (Wildman–Crippen MR) is 77.5 cm³/mol. The van der Waals surface area contributed by atoms with Crippen LogP contribution < -0.4 is 10.2 Å². The van der Waals surface area contributed by atoms with Crippen molar-refractivity contribution in [1.29, 1.82) is 0 Å². The van der Waals surface area contributed by atoms with E-state index in [0.29, 0.717) is 17.9 Å². The van der Waals surface area contributed by atoms with Gasteiger partial charge in [-0.3, -0.25) is 9.48 Å². The molecule has 0 aliphatic carbocycles. The number of nitrogens with one attached hydrogen (secondary N) is 1. The summed E-state index contributed by atoms with van der Waals surface area (Å²) in [7, 11) is 1.72. The van der Waals surface area contributed by atoms with Crippen LogP contribution in [0.4, 0.5) is 0 Å². The smallest absolute Gasteiger partial charge is 0.291 e. The fraction of sp³-hybridized carbons (Fsp3) is 0.214. The van der Waals surface area contributed by atoms with Crippen molar-refractivity contribution < 1.29 is 14.6 Å². The van der Waals surface area contributed by atoms with Crippen LogP contribution in [0.1, 0.15) is 23.0 Å². The van der Waals surface area contributed by atoms with Crippen LogP contribution in [0, 0.1) is 0 Å². The van der Waals surface area contributed by atoms with Gasteiger partial charge in [-0.25, -0.2) is 5.43 Å². The van der Waals surface area contributed by atoms with E-state index < -0.39 is 5.91 Å². The number of aromatic nitrogens is 2. The number of hydrogen-bond donors (Lipinski definition) is 2. The van der Waals surface area contributed by atoms with Gasteiger partial charge in [-0.2, -0.15) is 10.2 Å². The van der Waals surface area contributed by atoms with E-state index in [2.05, 4.69) is 15.6 Å². The van der Waals surface area contributed by atoms with Crippen LogP contribution in [0.25, 0.3) is 0 Å². The van der Waals surface area contributed by atoms with E-state index >= 15 is 0 Å². The molecule has 0 unspecified atom stereocenters. The van der Waals surface area contributed by atoms with Gasteiger partial charge in [-0.1, -0.05) is 0 Å². The number of carbonyl (C=O) groups is 1. The van der Waals surface area contributed by atoms with Crippen LogP contribution in [-0.4, -0.2) is 33.6 Å².